The maximum Gasteiger partial charge on any atom is 0.209 e. The molecule has 37 heavy (non-hydrogen) atoms. The molecule has 4 atom stereocenters. The quantitative estimate of drug-likeness (QED) is 0.348. The predicted molar refractivity (Wildman–Crippen MR) is 138 cm³/mol. The lowest BCUT2D eigenvalue weighted by atomic mass is 9.60. The molecule has 5 N–H and O–H groups in total. The van der Waals surface area contributed by atoms with Crippen LogP contribution in [0.2, 0.25) is 0 Å². The van der Waals surface area contributed by atoms with Gasteiger partial charge in [-0.1, -0.05) is 20.3 Å². The Kier molecular flexibility index (Phi) is 6.98. The van der Waals surface area contributed by atoms with Crippen LogP contribution in [-0.2, 0) is 22.6 Å². The molecule has 0 saturated carbocycles. The topological polar surface area (TPSA) is 147 Å². The number of carbonyl (C=O) groups is 3. The minimum absolute atomic E-state index is 0.0554. The molecule has 0 saturated heterocycles. The molecule has 0 bridgehead atoms. The van der Waals surface area contributed by atoms with Crippen LogP contribution in [0.15, 0.2) is 28.7 Å². The van der Waals surface area contributed by atoms with Crippen LogP contribution in [0.4, 0.5) is 5.69 Å². The van der Waals surface area contributed by atoms with Crippen LogP contribution in [0.1, 0.15) is 61.5 Å². The van der Waals surface area contributed by atoms with Crippen LogP contribution in [0.25, 0.3) is 0 Å². The summed E-state index contributed by atoms with van der Waals surface area (Å²) in [6, 6.07) is 1.86. The van der Waals surface area contributed by atoms with Gasteiger partial charge in [0, 0.05) is 49.8 Å². The zero-order valence-corrected chi connectivity index (χ0v) is 22.0. The number of hydrogen-bond acceptors (Lipinski definition) is 9. The summed E-state index contributed by atoms with van der Waals surface area (Å²) in [5.41, 5.74) is -1.17. The molecule has 1 unspecified atom stereocenters. The first kappa shape index (κ1) is 26.9. The second-order valence-corrected chi connectivity index (χ2v) is 10.9. The largest absolute Gasteiger partial charge is 0.511 e. The summed E-state index contributed by atoms with van der Waals surface area (Å²) in [5, 5.41) is 47.6. The molecule has 0 spiro atoms. The van der Waals surface area contributed by atoms with Gasteiger partial charge in [0.2, 0.25) is 5.78 Å². The van der Waals surface area contributed by atoms with Crippen LogP contribution in [0, 0.1) is 17.8 Å². The van der Waals surface area contributed by atoms with Crippen LogP contribution < -0.4 is 10.2 Å². The number of ketones is 3. The van der Waals surface area contributed by atoms with E-state index in [0.29, 0.717) is 30.0 Å². The number of rotatable bonds is 7. The molecule has 0 radical (unpaired) electrons. The molecule has 1 aromatic rings. The second kappa shape index (κ2) is 9.61. The van der Waals surface area contributed by atoms with Crippen molar-refractivity contribution in [3.8, 4) is 5.75 Å². The highest BCUT2D eigenvalue weighted by Crippen LogP contribution is 2.52. The van der Waals surface area contributed by atoms with Gasteiger partial charge in [-0.25, -0.2) is 0 Å². The Morgan fingerprint density at radius 3 is 2.49 bits per heavy atom. The summed E-state index contributed by atoms with van der Waals surface area (Å²) in [6.45, 7) is 6.38. The number of benzene rings is 1. The summed E-state index contributed by atoms with van der Waals surface area (Å²) in [6.07, 6.45) is 1.28. The third-order valence-corrected chi connectivity index (χ3v) is 8.21. The summed E-state index contributed by atoms with van der Waals surface area (Å²) >= 11 is 0. The lowest BCUT2D eigenvalue weighted by Crippen LogP contribution is -2.56. The van der Waals surface area contributed by atoms with Crippen LogP contribution in [0.5, 0.6) is 5.75 Å². The minimum atomic E-state index is -2.48. The highest BCUT2D eigenvalue weighted by atomic mass is 16.3. The Balaban J connectivity index is 1.83. The van der Waals surface area contributed by atoms with E-state index in [1.807, 2.05) is 25.1 Å². The fourth-order valence-corrected chi connectivity index (χ4v) is 5.96. The lowest BCUT2D eigenvalue weighted by Gasteiger charge is -2.46. The number of aromatic hydroxyl groups is 1. The molecule has 0 aliphatic heterocycles. The van der Waals surface area contributed by atoms with E-state index in [0.717, 1.165) is 25.6 Å². The average Bonchev–Trinajstić information content (AvgIpc) is 2.82. The maximum atomic E-state index is 13.9. The van der Waals surface area contributed by atoms with Crippen molar-refractivity contribution >= 4 is 23.0 Å². The zero-order chi connectivity index (χ0) is 27.4. The Hall–Kier alpha value is -3.17. The fourth-order valence-electron chi connectivity index (χ4n) is 5.96. The van der Waals surface area contributed by atoms with E-state index < -0.39 is 51.9 Å². The van der Waals surface area contributed by atoms with Gasteiger partial charge in [-0.2, -0.15) is 0 Å². The van der Waals surface area contributed by atoms with Gasteiger partial charge in [0.1, 0.15) is 22.8 Å². The molecule has 3 aliphatic rings. The van der Waals surface area contributed by atoms with Gasteiger partial charge in [-0.15, -0.1) is 0 Å². The molecule has 0 fully saturated rings. The third-order valence-electron chi connectivity index (χ3n) is 8.21. The molecule has 4 rings (SSSR count). The number of aliphatic hydroxyl groups excluding tert-OH is 2. The van der Waals surface area contributed by atoms with Gasteiger partial charge >= 0.3 is 0 Å². The van der Waals surface area contributed by atoms with Crippen molar-refractivity contribution in [2.45, 2.75) is 58.6 Å². The summed E-state index contributed by atoms with van der Waals surface area (Å²) in [4.78, 5) is 40.9. The maximum absolute atomic E-state index is 13.9. The van der Waals surface area contributed by atoms with Crippen molar-refractivity contribution in [1.29, 1.82) is 0 Å². The number of hydrogen-bond donors (Lipinski definition) is 5. The zero-order valence-electron chi connectivity index (χ0n) is 22.0. The molecule has 1 aromatic carbocycles. The van der Waals surface area contributed by atoms with Gasteiger partial charge in [0.25, 0.3) is 0 Å². The van der Waals surface area contributed by atoms with Crippen molar-refractivity contribution in [2.75, 3.05) is 25.5 Å². The molecule has 3 aliphatic carbocycles. The number of phenolic OH excluding ortho intramolecular Hbond substituents is 1. The van der Waals surface area contributed by atoms with Gasteiger partial charge in [-0.3, -0.25) is 14.4 Å². The highest BCUT2D eigenvalue weighted by molar-refractivity contribution is 6.25. The number of nitrogens with one attached hydrogen (secondary N) is 1. The van der Waals surface area contributed by atoms with Gasteiger partial charge < -0.3 is 30.6 Å². The SMILES string of the molecule is CCC(C)CNCc1cc(N(C)C)c2c(c1O)C(=O)C1=C(O)[C@]3(O)C(=O)C(C(C)=O)=C(O)C[C@@H]3C[C@@H]1C2. The van der Waals surface area contributed by atoms with Crippen LogP contribution in [0.3, 0.4) is 0 Å². The van der Waals surface area contributed by atoms with E-state index in [1.54, 1.807) is 0 Å². The number of allylic oxidation sites excluding steroid dienone is 2. The lowest BCUT2D eigenvalue weighted by molar-refractivity contribution is -0.144. The Labute approximate surface area is 216 Å². The second-order valence-electron chi connectivity index (χ2n) is 10.9. The monoisotopic (exact) mass is 512 g/mol. The van der Waals surface area contributed by atoms with E-state index in [9.17, 15) is 34.8 Å². The van der Waals surface area contributed by atoms with E-state index in [2.05, 4.69) is 19.2 Å². The van der Waals surface area contributed by atoms with Crippen molar-refractivity contribution in [1.82, 2.24) is 5.32 Å². The minimum Gasteiger partial charge on any atom is -0.511 e. The Morgan fingerprint density at radius 2 is 1.89 bits per heavy atom. The smallest absolute Gasteiger partial charge is 0.209 e. The molecular formula is C28H36N2O7. The van der Waals surface area contributed by atoms with Crippen LogP contribution in [-0.4, -0.2) is 64.0 Å². The van der Waals surface area contributed by atoms with E-state index in [1.165, 1.54) is 0 Å². The number of fused-ring (bicyclic) bond motifs is 3. The molecule has 9 nitrogen and oxygen atoms in total. The van der Waals surface area contributed by atoms with E-state index in [4.69, 9.17) is 0 Å². The molecule has 9 heteroatoms. The van der Waals surface area contributed by atoms with E-state index in [-0.39, 0.29) is 29.7 Å². The third kappa shape index (κ3) is 4.14. The van der Waals surface area contributed by atoms with E-state index >= 15 is 0 Å². The van der Waals surface area contributed by atoms with Crippen molar-refractivity contribution in [2.24, 2.45) is 17.8 Å². The van der Waals surface area contributed by atoms with Gasteiger partial charge in [0.05, 0.1) is 5.56 Å². The highest BCUT2D eigenvalue weighted by Gasteiger charge is 2.59. The number of aliphatic hydroxyl groups is 3. The number of carbonyl (C=O) groups excluding carboxylic acids is 3. The summed E-state index contributed by atoms with van der Waals surface area (Å²) in [7, 11) is 3.70. The first-order chi connectivity index (χ1) is 17.3. The molecule has 200 valence electrons. The number of phenols is 1. The number of Topliss-reactive ketones (excluding diaryl/α,β-unsaturated/α-hetero) is 3. The van der Waals surface area contributed by atoms with Crippen molar-refractivity contribution < 1.29 is 34.8 Å². The van der Waals surface area contributed by atoms with Crippen molar-refractivity contribution in [3.05, 3.63) is 45.4 Å². The molecule has 0 heterocycles. The summed E-state index contributed by atoms with van der Waals surface area (Å²) in [5.74, 6) is -4.84. The normalized spacial score (nSPS) is 26.0. The average molecular weight is 513 g/mol. The predicted octanol–water partition coefficient (Wildman–Crippen LogP) is 2.89. The van der Waals surface area contributed by atoms with Crippen LogP contribution >= 0.6 is 0 Å². The molecule has 0 aromatic heterocycles. The Bertz CT molecular complexity index is 1250. The summed E-state index contributed by atoms with van der Waals surface area (Å²) < 4.78 is 0. The van der Waals surface area contributed by atoms with Crippen molar-refractivity contribution in [3.63, 3.8) is 0 Å². The number of anilines is 1. The number of nitrogens with zero attached hydrogens (tertiary/aromatic N) is 1. The van der Waals surface area contributed by atoms with Gasteiger partial charge in [-0.05, 0) is 49.8 Å². The first-order valence-corrected chi connectivity index (χ1v) is 12.8. The standard InChI is InChI=1S/C28H36N2O7/c1-6-13(2)11-29-12-16-9-19(30(4)5)18-8-15-7-17-10-20(32)21(14(3)31)26(35)28(17,37)27(36)22(15)25(34)23(18)24(16)33/h9,13,15,17,29,32-33,36-37H,6-8,10-12H2,1-5H3/t13?,15-,17+,28-/m1/s1. The fraction of sp³-hybridized carbons (Fsp3) is 0.536. The molecule has 0 amide bonds. The van der Waals surface area contributed by atoms with Gasteiger partial charge in [0.15, 0.2) is 17.2 Å². The molecular weight excluding hydrogens is 476 g/mol. The Morgan fingerprint density at radius 1 is 1.22 bits per heavy atom. The first-order valence-electron chi connectivity index (χ1n) is 12.8.